The van der Waals surface area contributed by atoms with Crippen molar-refractivity contribution in [3.05, 3.63) is 65.5 Å². The third-order valence-corrected chi connectivity index (χ3v) is 4.48. The summed E-state index contributed by atoms with van der Waals surface area (Å²) in [4.78, 5) is 30.3. The molecular formula is C19H18F3N3O2. The van der Waals surface area contributed by atoms with Gasteiger partial charge in [0.25, 0.3) is 11.8 Å². The minimum atomic E-state index is -4.43. The van der Waals surface area contributed by atoms with E-state index in [4.69, 9.17) is 0 Å². The zero-order valence-electron chi connectivity index (χ0n) is 14.4. The van der Waals surface area contributed by atoms with E-state index < -0.39 is 17.6 Å². The Morgan fingerprint density at radius 3 is 2.26 bits per heavy atom. The quantitative estimate of drug-likeness (QED) is 0.894. The van der Waals surface area contributed by atoms with Gasteiger partial charge in [0, 0.05) is 30.9 Å². The summed E-state index contributed by atoms with van der Waals surface area (Å²) < 4.78 is 37.7. The van der Waals surface area contributed by atoms with E-state index in [0.29, 0.717) is 31.6 Å². The zero-order chi connectivity index (χ0) is 19.4. The van der Waals surface area contributed by atoms with Gasteiger partial charge in [-0.1, -0.05) is 6.07 Å². The van der Waals surface area contributed by atoms with E-state index in [1.807, 2.05) is 0 Å². The highest BCUT2D eigenvalue weighted by Crippen LogP contribution is 2.29. The lowest BCUT2D eigenvalue weighted by Crippen LogP contribution is -2.46. The molecule has 1 fully saturated rings. The summed E-state index contributed by atoms with van der Waals surface area (Å²) in [5.41, 5.74) is -0.236. The zero-order valence-corrected chi connectivity index (χ0v) is 14.4. The maximum atomic E-state index is 12.6. The molecule has 1 aromatic carbocycles. The molecule has 2 aromatic rings. The van der Waals surface area contributed by atoms with E-state index in [9.17, 15) is 22.8 Å². The molecule has 0 bridgehead atoms. The second-order valence-electron chi connectivity index (χ2n) is 6.33. The Labute approximate surface area is 154 Å². The molecule has 1 aliphatic heterocycles. The van der Waals surface area contributed by atoms with Crippen molar-refractivity contribution in [1.29, 1.82) is 0 Å². The number of aromatic nitrogens is 1. The summed E-state index contributed by atoms with van der Waals surface area (Å²) in [6.07, 6.45) is -1.72. The van der Waals surface area contributed by atoms with Crippen molar-refractivity contribution in [3.8, 4) is 0 Å². The highest BCUT2D eigenvalue weighted by molar-refractivity contribution is 5.94. The van der Waals surface area contributed by atoms with Gasteiger partial charge in [-0.3, -0.25) is 14.6 Å². The number of benzene rings is 1. The van der Waals surface area contributed by atoms with Crippen molar-refractivity contribution in [2.24, 2.45) is 0 Å². The van der Waals surface area contributed by atoms with Crippen molar-refractivity contribution >= 4 is 11.8 Å². The Hall–Kier alpha value is -2.90. The molecule has 1 N–H and O–H groups in total. The summed E-state index contributed by atoms with van der Waals surface area (Å²) in [6.45, 7) is 0.959. The second kappa shape index (κ2) is 7.77. The van der Waals surface area contributed by atoms with Crippen LogP contribution in [0.4, 0.5) is 13.2 Å². The normalized spacial score (nSPS) is 15.4. The number of likely N-dealkylation sites (tertiary alicyclic amines) is 1. The minimum Gasteiger partial charge on any atom is -0.349 e. The lowest BCUT2D eigenvalue weighted by Gasteiger charge is -2.32. The minimum absolute atomic E-state index is 0.132. The van der Waals surface area contributed by atoms with Gasteiger partial charge in [-0.25, -0.2) is 0 Å². The predicted molar refractivity (Wildman–Crippen MR) is 92.1 cm³/mol. The van der Waals surface area contributed by atoms with Gasteiger partial charge in [-0.15, -0.1) is 0 Å². The van der Waals surface area contributed by atoms with Gasteiger partial charge in [0.1, 0.15) is 5.69 Å². The van der Waals surface area contributed by atoms with Gasteiger partial charge in [0.2, 0.25) is 0 Å². The molecule has 0 spiro atoms. The molecule has 3 rings (SSSR count). The molecule has 0 unspecified atom stereocenters. The van der Waals surface area contributed by atoms with Gasteiger partial charge in [0.15, 0.2) is 0 Å². The van der Waals surface area contributed by atoms with Crippen LogP contribution in [0.25, 0.3) is 0 Å². The van der Waals surface area contributed by atoms with Crippen LogP contribution in [0.3, 0.4) is 0 Å². The van der Waals surface area contributed by atoms with Crippen LogP contribution in [-0.2, 0) is 6.18 Å². The first-order chi connectivity index (χ1) is 12.8. The van der Waals surface area contributed by atoms with E-state index in [1.54, 1.807) is 29.3 Å². The third-order valence-electron chi connectivity index (χ3n) is 4.48. The fourth-order valence-corrected chi connectivity index (χ4v) is 2.96. The molecule has 2 heterocycles. The first-order valence-corrected chi connectivity index (χ1v) is 8.53. The molecular weight excluding hydrogens is 359 g/mol. The molecule has 1 aromatic heterocycles. The van der Waals surface area contributed by atoms with E-state index in [1.165, 1.54) is 0 Å². The van der Waals surface area contributed by atoms with E-state index in [-0.39, 0.29) is 17.5 Å². The fraction of sp³-hybridized carbons (Fsp3) is 0.316. The standard InChI is InChI=1S/C19H18F3N3O2/c20-19(21,22)14-6-4-13(5-7-14)17(26)24-15-8-11-25(12-9-15)18(27)16-3-1-2-10-23-16/h1-7,10,15H,8-9,11-12H2,(H,24,26). The summed E-state index contributed by atoms with van der Waals surface area (Å²) in [5, 5.41) is 2.82. The summed E-state index contributed by atoms with van der Waals surface area (Å²) in [5.74, 6) is -0.568. The van der Waals surface area contributed by atoms with Crippen LogP contribution in [0.15, 0.2) is 48.7 Å². The van der Waals surface area contributed by atoms with Crippen molar-refractivity contribution in [3.63, 3.8) is 0 Å². The lowest BCUT2D eigenvalue weighted by molar-refractivity contribution is -0.137. The summed E-state index contributed by atoms with van der Waals surface area (Å²) in [7, 11) is 0. The highest BCUT2D eigenvalue weighted by atomic mass is 19.4. The van der Waals surface area contributed by atoms with E-state index >= 15 is 0 Å². The summed E-state index contributed by atoms with van der Waals surface area (Å²) in [6, 6.07) is 9.12. The fourth-order valence-electron chi connectivity index (χ4n) is 2.96. The second-order valence-corrected chi connectivity index (χ2v) is 6.33. The van der Waals surface area contributed by atoms with Crippen LogP contribution in [0.2, 0.25) is 0 Å². The SMILES string of the molecule is O=C(NC1CCN(C(=O)c2ccccn2)CC1)c1ccc(C(F)(F)F)cc1. The van der Waals surface area contributed by atoms with E-state index in [2.05, 4.69) is 10.3 Å². The molecule has 0 atom stereocenters. The average Bonchev–Trinajstić information content (AvgIpc) is 2.68. The van der Waals surface area contributed by atoms with Crippen LogP contribution < -0.4 is 5.32 Å². The van der Waals surface area contributed by atoms with Crippen molar-refractivity contribution < 1.29 is 22.8 Å². The smallest absolute Gasteiger partial charge is 0.349 e. The molecule has 8 heteroatoms. The number of nitrogens with one attached hydrogen (secondary N) is 1. The number of nitrogens with zero attached hydrogens (tertiary/aromatic N) is 2. The molecule has 142 valence electrons. The summed E-state index contributed by atoms with van der Waals surface area (Å²) >= 11 is 0. The monoisotopic (exact) mass is 377 g/mol. The number of carbonyl (C=O) groups is 2. The maximum absolute atomic E-state index is 12.6. The van der Waals surface area contributed by atoms with Crippen LogP contribution in [0, 0.1) is 0 Å². The number of alkyl halides is 3. The van der Waals surface area contributed by atoms with Gasteiger partial charge in [-0.05, 0) is 49.2 Å². The number of pyridine rings is 1. The molecule has 1 aliphatic rings. The largest absolute Gasteiger partial charge is 0.416 e. The van der Waals surface area contributed by atoms with Crippen molar-refractivity contribution in [2.75, 3.05) is 13.1 Å². The Bertz CT molecular complexity index is 799. The number of rotatable bonds is 3. The molecule has 0 radical (unpaired) electrons. The highest BCUT2D eigenvalue weighted by Gasteiger charge is 2.30. The molecule has 5 nitrogen and oxygen atoms in total. The van der Waals surface area contributed by atoms with Gasteiger partial charge < -0.3 is 10.2 Å². The maximum Gasteiger partial charge on any atom is 0.416 e. The van der Waals surface area contributed by atoms with Crippen molar-refractivity contribution in [1.82, 2.24) is 15.2 Å². The average molecular weight is 377 g/mol. The number of halogens is 3. The molecule has 1 saturated heterocycles. The first kappa shape index (κ1) is 18.9. The molecule has 0 aliphatic carbocycles. The van der Waals surface area contributed by atoms with Crippen LogP contribution in [0.1, 0.15) is 39.3 Å². The number of piperidine rings is 1. The number of hydrogen-bond acceptors (Lipinski definition) is 3. The van der Waals surface area contributed by atoms with Crippen molar-refractivity contribution in [2.45, 2.75) is 25.1 Å². The Morgan fingerprint density at radius 1 is 1.04 bits per heavy atom. The predicted octanol–water partition coefficient (Wildman–Crippen LogP) is 3.14. The first-order valence-electron chi connectivity index (χ1n) is 8.53. The molecule has 0 saturated carbocycles. The Kier molecular flexibility index (Phi) is 5.43. The lowest BCUT2D eigenvalue weighted by atomic mass is 10.0. The van der Waals surface area contributed by atoms with Crippen LogP contribution in [-0.4, -0.2) is 40.8 Å². The number of carbonyl (C=O) groups excluding carboxylic acids is 2. The Morgan fingerprint density at radius 2 is 1.70 bits per heavy atom. The number of hydrogen-bond donors (Lipinski definition) is 1. The van der Waals surface area contributed by atoms with Gasteiger partial charge >= 0.3 is 6.18 Å². The van der Waals surface area contributed by atoms with Gasteiger partial charge in [0.05, 0.1) is 5.56 Å². The molecule has 27 heavy (non-hydrogen) atoms. The molecule has 2 amide bonds. The number of amides is 2. The van der Waals surface area contributed by atoms with Gasteiger partial charge in [-0.2, -0.15) is 13.2 Å². The Balaban J connectivity index is 1.53. The van der Waals surface area contributed by atoms with Crippen LogP contribution in [0.5, 0.6) is 0 Å². The van der Waals surface area contributed by atoms with Crippen LogP contribution >= 0.6 is 0 Å². The van der Waals surface area contributed by atoms with E-state index in [0.717, 1.165) is 24.3 Å². The topological polar surface area (TPSA) is 62.3 Å². The third kappa shape index (κ3) is 4.64.